The van der Waals surface area contributed by atoms with Crippen LogP contribution in [0.2, 0.25) is 5.02 Å². The van der Waals surface area contributed by atoms with Crippen LogP contribution < -0.4 is 14.9 Å². The first kappa shape index (κ1) is 19.5. The Balaban J connectivity index is 1.68. The van der Waals surface area contributed by atoms with Crippen LogP contribution in [0.3, 0.4) is 0 Å². The molecule has 0 aliphatic rings. The molecule has 0 aliphatic carbocycles. The van der Waals surface area contributed by atoms with E-state index in [9.17, 15) is 4.79 Å². The summed E-state index contributed by atoms with van der Waals surface area (Å²) < 4.78 is 11.2. The first-order valence-electron chi connectivity index (χ1n) is 8.60. The molecule has 0 aliphatic heterocycles. The first-order chi connectivity index (χ1) is 13.7. The third-order valence-corrected chi connectivity index (χ3v) is 4.31. The van der Waals surface area contributed by atoms with Crippen molar-refractivity contribution in [3.8, 4) is 11.5 Å². The van der Waals surface area contributed by atoms with Gasteiger partial charge in [0.1, 0.15) is 6.61 Å². The van der Waals surface area contributed by atoms with Gasteiger partial charge >= 0.3 is 0 Å². The monoisotopic (exact) mass is 394 g/mol. The lowest BCUT2D eigenvalue weighted by Crippen LogP contribution is -2.17. The van der Waals surface area contributed by atoms with Gasteiger partial charge in [0.05, 0.1) is 13.3 Å². The van der Waals surface area contributed by atoms with Gasteiger partial charge in [-0.15, -0.1) is 0 Å². The molecule has 28 heavy (non-hydrogen) atoms. The van der Waals surface area contributed by atoms with Gasteiger partial charge in [0, 0.05) is 16.1 Å². The average Bonchev–Trinajstić information content (AvgIpc) is 2.74. The quantitative estimate of drug-likeness (QED) is 0.467. The fourth-order valence-electron chi connectivity index (χ4n) is 2.48. The second kappa shape index (κ2) is 9.58. The predicted molar refractivity (Wildman–Crippen MR) is 110 cm³/mol. The van der Waals surface area contributed by atoms with Crippen LogP contribution in [0.5, 0.6) is 11.5 Å². The molecule has 0 heterocycles. The van der Waals surface area contributed by atoms with Crippen molar-refractivity contribution in [3.63, 3.8) is 0 Å². The SMILES string of the molecule is COc1ccc(/C=N/NC(=O)c2ccccc2)cc1OCc1ccccc1Cl. The number of methoxy groups -OCH3 is 1. The number of rotatable bonds is 7. The minimum atomic E-state index is -0.277. The van der Waals surface area contributed by atoms with Crippen LogP contribution in [-0.4, -0.2) is 19.2 Å². The molecule has 142 valence electrons. The maximum atomic E-state index is 12.0. The first-order valence-corrected chi connectivity index (χ1v) is 8.98. The van der Waals surface area contributed by atoms with Crippen molar-refractivity contribution in [3.05, 3.63) is 94.5 Å². The van der Waals surface area contributed by atoms with Crippen LogP contribution >= 0.6 is 11.6 Å². The standard InChI is InChI=1S/C22H19ClN2O3/c1-27-20-12-11-16(14-24-25-22(26)17-7-3-2-4-8-17)13-21(20)28-15-18-9-5-6-10-19(18)23/h2-14H,15H2,1H3,(H,25,26)/b24-14+. The molecule has 1 amide bonds. The van der Waals surface area contributed by atoms with E-state index >= 15 is 0 Å². The van der Waals surface area contributed by atoms with Gasteiger partial charge in [0.25, 0.3) is 5.91 Å². The summed E-state index contributed by atoms with van der Waals surface area (Å²) in [5.74, 6) is 0.874. The molecule has 3 aromatic rings. The summed E-state index contributed by atoms with van der Waals surface area (Å²) in [6, 6.07) is 21.8. The van der Waals surface area contributed by atoms with E-state index in [1.54, 1.807) is 49.7 Å². The van der Waals surface area contributed by atoms with Gasteiger partial charge in [-0.2, -0.15) is 5.10 Å². The molecule has 0 aromatic heterocycles. The number of nitrogens with one attached hydrogen (secondary N) is 1. The minimum Gasteiger partial charge on any atom is -0.493 e. The molecule has 0 saturated carbocycles. The number of hydrogen-bond donors (Lipinski definition) is 1. The van der Waals surface area contributed by atoms with Gasteiger partial charge in [0.2, 0.25) is 0 Å². The van der Waals surface area contributed by atoms with Crippen molar-refractivity contribution in [2.45, 2.75) is 6.61 Å². The van der Waals surface area contributed by atoms with Gasteiger partial charge in [0.15, 0.2) is 11.5 Å². The number of benzene rings is 3. The normalized spacial score (nSPS) is 10.6. The van der Waals surface area contributed by atoms with Crippen molar-refractivity contribution in [1.82, 2.24) is 5.43 Å². The summed E-state index contributed by atoms with van der Waals surface area (Å²) in [4.78, 5) is 12.0. The molecular formula is C22H19ClN2O3. The molecule has 0 radical (unpaired) electrons. The molecule has 0 atom stereocenters. The van der Waals surface area contributed by atoms with Crippen LogP contribution in [0, 0.1) is 0 Å². The molecule has 5 nitrogen and oxygen atoms in total. The van der Waals surface area contributed by atoms with Crippen molar-refractivity contribution >= 4 is 23.7 Å². The van der Waals surface area contributed by atoms with Crippen LogP contribution in [0.1, 0.15) is 21.5 Å². The van der Waals surface area contributed by atoms with E-state index in [-0.39, 0.29) is 5.91 Å². The average molecular weight is 395 g/mol. The highest BCUT2D eigenvalue weighted by atomic mass is 35.5. The second-order valence-corrected chi connectivity index (χ2v) is 6.26. The van der Waals surface area contributed by atoms with E-state index in [1.165, 1.54) is 0 Å². The molecule has 0 spiro atoms. The summed E-state index contributed by atoms with van der Waals surface area (Å²) in [7, 11) is 1.57. The molecule has 3 rings (SSSR count). The molecule has 3 aromatic carbocycles. The van der Waals surface area contributed by atoms with Crippen molar-refractivity contribution in [1.29, 1.82) is 0 Å². The Hall–Kier alpha value is -3.31. The smallest absolute Gasteiger partial charge is 0.271 e. The zero-order valence-corrected chi connectivity index (χ0v) is 16.0. The highest BCUT2D eigenvalue weighted by Gasteiger charge is 2.07. The van der Waals surface area contributed by atoms with Crippen molar-refractivity contribution in [2.75, 3.05) is 7.11 Å². The Bertz CT molecular complexity index is 975. The zero-order valence-electron chi connectivity index (χ0n) is 15.3. The van der Waals surface area contributed by atoms with E-state index in [2.05, 4.69) is 10.5 Å². The summed E-state index contributed by atoms with van der Waals surface area (Å²) in [5, 5.41) is 4.65. The largest absolute Gasteiger partial charge is 0.493 e. The van der Waals surface area contributed by atoms with Crippen molar-refractivity contribution < 1.29 is 14.3 Å². The van der Waals surface area contributed by atoms with Crippen LogP contribution in [0.25, 0.3) is 0 Å². The Morgan fingerprint density at radius 2 is 1.79 bits per heavy atom. The van der Waals surface area contributed by atoms with E-state index < -0.39 is 0 Å². The van der Waals surface area contributed by atoms with Gasteiger partial charge in [-0.25, -0.2) is 5.43 Å². The highest BCUT2D eigenvalue weighted by Crippen LogP contribution is 2.29. The Kier molecular flexibility index (Phi) is 6.65. The summed E-state index contributed by atoms with van der Waals surface area (Å²) in [6.07, 6.45) is 1.54. The third kappa shape index (κ3) is 5.11. The fourth-order valence-corrected chi connectivity index (χ4v) is 2.67. The van der Waals surface area contributed by atoms with Crippen LogP contribution in [0.4, 0.5) is 0 Å². The van der Waals surface area contributed by atoms with E-state index in [4.69, 9.17) is 21.1 Å². The Labute approximate surface area is 168 Å². The number of hydrogen-bond acceptors (Lipinski definition) is 4. The molecule has 0 fully saturated rings. The molecule has 0 saturated heterocycles. The van der Waals surface area contributed by atoms with Gasteiger partial charge < -0.3 is 9.47 Å². The fraction of sp³-hybridized carbons (Fsp3) is 0.0909. The number of carbonyl (C=O) groups is 1. The molecular weight excluding hydrogens is 376 g/mol. The van der Waals surface area contributed by atoms with Crippen LogP contribution in [-0.2, 0) is 6.61 Å². The maximum Gasteiger partial charge on any atom is 0.271 e. The minimum absolute atomic E-state index is 0.277. The number of nitrogens with zero attached hydrogens (tertiary/aromatic N) is 1. The molecule has 6 heteroatoms. The highest BCUT2D eigenvalue weighted by molar-refractivity contribution is 6.31. The lowest BCUT2D eigenvalue weighted by atomic mass is 10.2. The van der Waals surface area contributed by atoms with E-state index in [0.717, 1.165) is 11.1 Å². The number of amides is 1. The Morgan fingerprint density at radius 1 is 1.04 bits per heavy atom. The number of hydrazone groups is 1. The van der Waals surface area contributed by atoms with Gasteiger partial charge in [-0.05, 0) is 42.0 Å². The lowest BCUT2D eigenvalue weighted by Gasteiger charge is -2.12. The molecule has 0 unspecified atom stereocenters. The maximum absolute atomic E-state index is 12.0. The van der Waals surface area contributed by atoms with Gasteiger partial charge in [-0.3, -0.25) is 4.79 Å². The van der Waals surface area contributed by atoms with Crippen LogP contribution in [0.15, 0.2) is 77.9 Å². The lowest BCUT2D eigenvalue weighted by molar-refractivity contribution is 0.0955. The summed E-state index contributed by atoms with van der Waals surface area (Å²) in [6.45, 7) is 0.307. The molecule has 1 N–H and O–H groups in total. The van der Waals surface area contributed by atoms with E-state index in [1.807, 2.05) is 36.4 Å². The summed E-state index contributed by atoms with van der Waals surface area (Å²) >= 11 is 6.17. The number of carbonyl (C=O) groups excluding carboxylic acids is 1. The molecule has 0 bridgehead atoms. The van der Waals surface area contributed by atoms with Gasteiger partial charge in [-0.1, -0.05) is 48.0 Å². The zero-order chi connectivity index (χ0) is 19.8. The number of halogens is 1. The predicted octanol–water partition coefficient (Wildman–Crippen LogP) is 4.69. The Morgan fingerprint density at radius 3 is 2.54 bits per heavy atom. The van der Waals surface area contributed by atoms with Crippen molar-refractivity contribution in [2.24, 2.45) is 5.10 Å². The topological polar surface area (TPSA) is 59.9 Å². The second-order valence-electron chi connectivity index (χ2n) is 5.86. The number of ether oxygens (including phenoxy) is 2. The summed E-state index contributed by atoms with van der Waals surface area (Å²) in [5.41, 5.74) is 4.67. The third-order valence-electron chi connectivity index (χ3n) is 3.94. The van der Waals surface area contributed by atoms with E-state index in [0.29, 0.717) is 28.7 Å².